The lowest BCUT2D eigenvalue weighted by Gasteiger charge is -2.54. The van der Waals surface area contributed by atoms with Crippen molar-refractivity contribution in [2.45, 2.75) is 64.8 Å². The Kier molecular flexibility index (Phi) is 4.03. The molecule has 6 rings (SSSR count). The number of imidazole rings is 1. The molecule has 2 aromatic rings. The van der Waals surface area contributed by atoms with Crippen LogP contribution in [0.5, 0.6) is 0 Å². The molecule has 0 N–H and O–H groups in total. The minimum absolute atomic E-state index is 0. The summed E-state index contributed by atoms with van der Waals surface area (Å²) in [7, 11) is 0. The average molecular weight is 357 g/mol. The molecule has 0 spiro atoms. The molecule has 1 heterocycles. The standard InChI is InChI=1S/C22H29N2.ClH/c1-15-6-16(2)21(17(3)7-15)23-4-5-24(14-23)22-11-18-8-19(12-22)10-20(9-18)13-22;/h4-7,14,18-20H,8-13H2,1-3H3;1H/q+1;/p-1. The molecule has 4 saturated carbocycles. The maximum Gasteiger partial charge on any atom is 0.249 e. The van der Waals surface area contributed by atoms with E-state index in [0.29, 0.717) is 5.54 Å². The minimum Gasteiger partial charge on any atom is -1.00 e. The molecule has 0 atom stereocenters. The van der Waals surface area contributed by atoms with Gasteiger partial charge in [0, 0.05) is 0 Å². The maximum absolute atomic E-state index is 2.59. The van der Waals surface area contributed by atoms with Gasteiger partial charge in [0.2, 0.25) is 6.33 Å². The predicted molar refractivity (Wildman–Crippen MR) is 96.3 cm³/mol. The number of aryl methyl sites for hydroxylation is 3. The molecule has 0 amide bonds. The van der Waals surface area contributed by atoms with Crippen molar-refractivity contribution >= 4 is 0 Å². The molecule has 4 bridgehead atoms. The fourth-order valence-electron chi connectivity index (χ4n) is 6.73. The summed E-state index contributed by atoms with van der Waals surface area (Å²) < 4.78 is 4.96. The Morgan fingerprint density at radius 1 is 0.920 bits per heavy atom. The molecule has 134 valence electrons. The summed E-state index contributed by atoms with van der Waals surface area (Å²) in [5.74, 6) is 2.99. The van der Waals surface area contributed by atoms with Crippen molar-refractivity contribution in [2.75, 3.05) is 0 Å². The van der Waals surface area contributed by atoms with Crippen molar-refractivity contribution in [1.29, 1.82) is 0 Å². The van der Waals surface area contributed by atoms with Gasteiger partial charge in [-0.3, -0.25) is 0 Å². The number of benzene rings is 1. The molecule has 0 aliphatic heterocycles. The van der Waals surface area contributed by atoms with Gasteiger partial charge < -0.3 is 12.4 Å². The van der Waals surface area contributed by atoms with E-state index >= 15 is 0 Å². The second-order valence-corrected chi connectivity index (χ2v) is 9.12. The molecule has 4 fully saturated rings. The first-order valence-corrected chi connectivity index (χ1v) is 9.70. The summed E-state index contributed by atoms with van der Waals surface area (Å²) in [5, 5.41) is 0. The first-order valence-electron chi connectivity index (χ1n) is 9.70. The zero-order valence-corrected chi connectivity index (χ0v) is 16.4. The molecule has 2 nitrogen and oxygen atoms in total. The van der Waals surface area contributed by atoms with Gasteiger partial charge in [-0.1, -0.05) is 17.7 Å². The average Bonchev–Trinajstić information content (AvgIpc) is 2.95. The van der Waals surface area contributed by atoms with E-state index in [2.05, 4.69) is 60.8 Å². The Labute approximate surface area is 157 Å². The van der Waals surface area contributed by atoms with Crippen LogP contribution in [0.25, 0.3) is 5.69 Å². The first kappa shape index (κ1) is 17.1. The Bertz CT molecular complexity index is 746. The molecule has 4 aliphatic rings. The van der Waals surface area contributed by atoms with Crippen LogP contribution in [0.15, 0.2) is 30.9 Å². The summed E-state index contributed by atoms with van der Waals surface area (Å²) in [6.45, 7) is 6.67. The van der Waals surface area contributed by atoms with Gasteiger partial charge in [0.05, 0.1) is 0 Å². The van der Waals surface area contributed by atoms with Crippen LogP contribution in [0.1, 0.15) is 55.2 Å². The summed E-state index contributed by atoms with van der Waals surface area (Å²) in [6.07, 6.45) is 15.8. The van der Waals surface area contributed by atoms with Gasteiger partial charge in [0.15, 0.2) is 0 Å². The molecule has 4 aliphatic carbocycles. The number of rotatable bonds is 2. The smallest absolute Gasteiger partial charge is 0.249 e. The third-order valence-electron chi connectivity index (χ3n) is 7.08. The van der Waals surface area contributed by atoms with Crippen LogP contribution in [0, 0.1) is 38.5 Å². The van der Waals surface area contributed by atoms with E-state index in [1.807, 2.05) is 0 Å². The van der Waals surface area contributed by atoms with E-state index in [9.17, 15) is 0 Å². The minimum atomic E-state index is 0. The Hall–Kier alpha value is -1.28. The summed E-state index contributed by atoms with van der Waals surface area (Å²) in [6, 6.07) is 4.61. The predicted octanol–water partition coefficient (Wildman–Crippen LogP) is 1.62. The van der Waals surface area contributed by atoms with Gasteiger partial charge in [-0.2, -0.15) is 0 Å². The zero-order chi connectivity index (χ0) is 16.5. The Balaban J connectivity index is 0.00000157. The highest BCUT2D eigenvalue weighted by Crippen LogP contribution is 2.56. The van der Waals surface area contributed by atoms with Crippen LogP contribution in [0.2, 0.25) is 0 Å². The number of aromatic nitrogens is 2. The van der Waals surface area contributed by atoms with Crippen LogP contribution < -0.4 is 17.0 Å². The SMILES string of the molecule is Cc1cc(C)c(-n2cc[n+](C34CC5CC(CC(C5)C3)C4)c2)c(C)c1.[Cl-]. The van der Waals surface area contributed by atoms with Crippen molar-refractivity contribution in [3.63, 3.8) is 0 Å². The highest BCUT2D eigenvalue weighted by atomic mass is 35.5. The van der Waals surface area contributed by atoms with Crippen molar-refractivity contribution in [1.82, 2.24) is 4.57 Å². The molecule has 0 unspecified atom stereocenters. The van der Waals surface area contributed by atoms with E-state index in [0.717, 1.165) is 17.8 Å². The van der Waals surface area contributed by atoms with Gasteiger partial charge in [-0.15, -0.1) is 0 Å². The maximum atomic E-state index is 2.59. The third kappa shape index (κ3) is 2.65. The quantitative estimate of drug-likeness (QED) is 0.723. The highest BCUT2D eigenvalue weighted by Gasteiger charge is 2.54. The molecular formula is C22H29ClN2. The van der Waals surface area contributed by atoms with Gasteiger partial charge >= 0.3 is 0 Å². The van der Waals surface area contributed by atoms with E-state index in [4.69, 9.17) is 0 Å². The molecule has 25 heavy (non-hydrogen) atoms. The third-order valence-corrected chi connectivity index (χ3v) is 7.08. The van der Waals surface area contributed by atoms with Crippen molar-refractivity contribution in [3.8, 4) is 5.69 Å². The molecule has 0 saturated heterocycles. The first-order chi connectivity index (χ1) is 11.5. The van der Waals surface area contributed by atoms with Crippen LogP contribution in [-0.2, 0) is 5.54 Å². The van der Waals surface area contributed by atoms with Crippen LogP contribution in [0.3, 0.4) is 0 Å². The van der Waals surface area contributed by atoms with Gasteiger partial charge in [-0.25, -0.2) is 9.13 Å². The normalized spacial score (nSPS) is 32.7. The van der Waals surface area contributed by atoms with E-state index in [1.54, 1.807) is 0 Å². The largest absolute Gasteiger partial charge is 1.00 e. The molecule has 1 aromatic heterocycles. The second kappa shape index (κ2) is 5.87. The number of nitrogens with zero attached hydrogens (tertiary/aromatic N) is 2. The number of hydrogen-bond donors (Lipinski definition) is 0. The molecular weight excluding hydrogens is 328 g/mol. The van der Waals surface area contributed by atoms with E-state index < -0.39 is 0 Å². The fraction of sp³-hybridized carbons (Fsp3) is 0.591. The molecule has 1 aromatic carbocycles. The number of hydrogen-bond acceptors (Lipinski definition) is 0. The van der Waals surface area contributed by atoms with Gasteiger partial charge in [-0.05, 0) is 88.2 Å². The van der Waals surface area contributed by atoms with Crippen molar-refractivity contribution in [3.05, 3.63) is 47.5 Å². The Morgan fingerprint density at radius 3 is 1.96 bits per heavy atom. The second-order valence-electron chi connectivity index (χ2n) is 9.12. The lowest BCUT2D eigenvalue weighted by molar-refractivity contribution is -0.776. The summed E-state index contributed by atoms with van der Waals surface area (Å²) >= 11 is 0. The molecule has 3 heteroatoms. The number of halogens is 1. The molecule has 0 radical (unpaired) electrons. The van der Waals surface area contributed by atoms with E-state index in [1.165, 1.54) is 60.9 Å². The highest BCUT2D eigenvalue weighted by molar-refractivity contribution is 5.48. The van der Waals surface area contributed by atoms with Crippen molar-refractivity contribution in [2.24, 2.45) is 17.8 Å². The topological polar surface area (TPSA) is 8.81 Å². The van der Waals surface area contributed by atoms with Gasteiger partial charge in [0.1, 0.15) is 23.6 Å². The zero-order valence-electron chi connectivity index (χ0n) is 15.6. The monoisotopic (exact) mass is 356 g/mol. The van der Waals surface area contributed by atoms with E-state index in [-0.39, 0.29) is 12.4 Å². The van der Waals surface area contributed by atoms with Crippen LogP contribution in [0.4, 0.5) is 0 Å². The summed E-state index contributed by atoms with van der Waals surface area (Å²) in [5.41, 5.74) is 5.90. The Morgan fingerprint density at radius 2 is 1.44 bits per heavy atom. The van der Waals surface area contributed by atoms with Gasteiger partial charge in [0.25, 0.3) is 0 Å². The lowest BCUT2D eigenvalue weighted by Crippen LogP contribution is -3.00. The summed E-state index contributed by atoms with van der Waals surface area (Å²) in [4.78, 5) is 0. The fourth-order valence-corrected chi connectivity index (χ4v) is 6.73. The van der Waals surface area contributed by atoms with Crippen molar-refractivity contribution < 1.29 is 17.0 Å². The van der Waals surface area contributed by atoms with Crippen LogP contribution in [-0.4, -0.2) is 4.57 Å². The van der Waals surface area contributed by atoms with Crippen LogP contribution >= 0.6 is 0 Å². The lowest BCUT2D eigenvalue weighted by atomic mass is 9.53.